The van der Waals surface area contributed by atoms with Gasteiger partial charge < -0.3 is 10.3 Å². The predicted molar refractivity (Wildman–Crippen MR) is 81.9 cm³/mol. The number of anilines is 1. The maximum Gasteiger partial charge on any atom is 0.266 e. The molecule has 0 atom stereocenters. The van der Waals surface area contributed by atoms with Crippen molar-refractivity contribution < 1.29 is 21.8 Å². The number of rotatable bonds is 5. The molecule has 0 spiro atoms. The summed E-state index contributed by atoms with van der Waals surface area (Å²) in [4.78, 5) is 14.5. The van der Waals surface area contributed by atoms with Crippen LogP contribution in [0.2, 0.25) is 0 Å². The number of hydrogen-bond donors (Lipinski definition) is 3. The van der Waals surface area contributed by atoms with Crippen molar-refractivity contribution in [2.24, 2.45) is 0 Å². The highest BCUT2D eigenvalue weighted by Gasteiger charge is 2.14. The van der Waals surface area contributed by atoms with Crippen molar-refractivity contribution in [3.05, 3.63) is 36.3 Å². The van der Waals surface area contributed by atoms with Gasteiger partial charge in [-0.2, -0.15) is 8.42 Å². The van der Waals surface area contributed by atoms with E-state index in [1.165, 1.54) is 12.3 Å². The number of aromatic amines is 1. The van der Waals surface area contributed by atoms with Crippen LogP contribution in [0.5, 0.6) is 0 Å². The molecular formula is C13H11F2N5O3S. The van der Waals surface area contributed by atoms with E-state index in [9.17, 15) is 17.2 Å². The van der Waals surface area contributed by atoms with Gasteiger partial charge >= 0.3 is 0 Å². The molecule has 24 heavy (non-hydrogen) atoms. The summed E-state index contributed by atoms with van der Waals surface area (Å²) >= 11 is 0. The van der Waals surface area contributed by atoms with Crippen molar-refractivity contribution in [3.8, 4) is 11.4 Å². The Balaban J connectivity index is 1.93. The molecule has 3 rings (SSSR count). The summed E-state index contributed by atoms with van der Waals surface area (Å²) in [6.45, 7) is -0.240. The second-order valence-electron chi connectivity index (χ2n) is 4.86. The minimum Gasteiger partial charge on any atom is -0.366 e. The van der Waals surface area contributed by atoms with Crippen LogP contribution in [0.15, 0.2) is 24.7 Å². The Labute approximate surface area is 134 Å². The van der Waals surface area contributed by atoms with Gasteiger partial charge in [0.2, 0.25) is 0 Å². The Morgan fingerprint density at radius 2 is 2.04 bits per heavy atom. The summed E-state index contributed by atoms with van der Waals surface area (Å²) < 4.78 is 57.1. The number of nitrogens with zero attached hydrogens (tertiary/aromatic N) is 3. The van der Waals surface area contributed by atoms with Gasteiger partial charge in [0.15, 0.2) is 17.5 Å². The molecule has 11 heteroatoms. The second kappa shape index (κ2) is 6.09. The van der Waals surface area contributed by atoms with Crippen LogP contribution in [0.1, 0.15) is 0 Å². The van der Waals surface area contributed by atoms with Crippen molar-refractivity contribution in [2.75, 3.05) is 17.6 Å². The summed E-state index contributed by atoms with van der Waals surface area (Å²) in [7, 11) is -4.18. The highest BCUT2D eigenvalue weighted by atomic mass is 32.2. The average Bonchev–Trinajstić information content (AvgIpc) is 2.91. The molecule has 8 nitrogen and oxygen atoms in total. The molecule has 3 aromatic heterocycles. The lowest BCUT2D eigenvalue weighted by atomic mass is 10.2. The number of nitrogens with one attached hydrogen (secondary N) is 2. The number of H-pyrrole nitrogens is 1. The summed E-state index contributed by atoms with van der Waals surface area (Å²) in [6.07, 6.45) is 3.46. The fraction of sp³-hybridized carbons (Fsp3) is 0.154. The van der Waals surface area contributed by atoms with E-state index >= 15 is 0 Å². The molecule has 0 aliphatic rings. The number of fused-ring (bicyclic) bond motifs is 1. The Morgan fingerprint density at radius 1 is 1.25 bits per heavy atom. The van der Waals surface area contributed by atoms with E-state index < -0.39 is 27.5 Å². The van der Waals surface area contributed by atoms with Crippen LogP contribution in [-0.2, 0) is 10.1 Å². The molecule has 3 aromatic rings. The first-order valence-corrected chi connectivity index (χ1v) is 8.29. The van der Waals surface area contributed by atoms with Crippen LogP contribution in [0.3, 0.4) is 0 Å². The Hall–Kier alpha value is -2.66. The van der Waals surface area contributed by atoms with Gasteiger partial charge in [0.05, 0.1) is 18.1 Å². The van der Waals surface area contributed by atoms with E-state index in [1.54, 1.807) is 0 Å². The smallest absolute Gasteiger partial charge is 0.266 e. The standard InChI is InChI=1S/C13H11F2N5O3S/c14-7-3-8-9(5-18-11(8)17-4-7)12-19-6-10(15)13(20-12)16-1-2-24(21,22)23/h3-6H,1-2H2,(H,17,18)(H,16,19,20)(H,21,22,23). The number of hydrogen-bond acceptors (Lipinski definition) is 6. The van der Waals surface area contributed by atoms with E-state index in [2.05, 4.69) is 25.3 Å². The molecule has 0 fully saturated rings. The minimum absolute atomic E-state index is 0.101. The maximum absolute atomic E-state index is 13.7. The molecule has 0 bridgehead atoms. The van der Waals surface area contributed by atoms with Crippen LogP contribution in [0.25, 0.3) is 22.4 Å². The first kappa shape index (κ1) is 16.2. The molecule has 0 aliphatic carbocycles. The van der Waals surface area contributed by atoms with Gasteiger partial charge in [0, 0.05) is 23.7 Å². The fourth-order valence-corrected chi connectivity index (χ4v) is 2.44. The zero-order valence-electron chi connectivity index (χ0n) is 12.0. The third kappa shape index (κ3) is 3.46. The molecule has 0 unspecified atom stereocenters. The molecule has 0 radical (unpaired) electrons. The molecule has 0 amide bonds. The van der Waals surface area contributed by atoms with Crippen LogP contribution in [0, 0.1) is 11.6 Å². The van der Waals surface area contributed by atoms with Gasteiger partial charge in [-0.25, -0.2) is 23.7 Å². The first-order chi connectivity index (χ1) is 11.3. The quantitative estimate of drug-likeness (QED) is 0.594. The van der Waals surface area contributed by atoms with Crippen LogP contribution in [-0.4, -0.2) is 45.2 Å². The van der Waals surface area contributed by atoms with E-state index in [4.69, 9.17) is 4.55 Å². The molecule has 0 saturated heterocycles. The van der Waals surface area contributed by atoms with Gasteiger partial charge in [-0.15, -0.1) is 0 Å². The third-order valence-corrected chi connectivity index (χ3v) is 3.86. The molecule has 3 heterocycles. The molecule has 0 aliphatic heterocycles. The first-order valence-electron chi connectivity index (χ1n) is 6.68. The Kier molecular flexibility index (Phi) is 4.11. The lowest BCUT2D eigenvalue weighted by Gasteiger charge is -2.07. The van der Waals surface area contributed by atoms with E-state index in [-0.39, 0.29) is 18.2 Å². The second-order valence-corrected chi connectivity index (χ2v) is 6.43. The number of halogens is 2. The Bertz CT molecular complexity index is 1010. The maximum atomic E-state index is 13.7. The van der Waals surface area contributed by atoms with Gasteiger partial charge in [-0.05, 0) is 6.07 Å². The molecule has 0 aromatic carbocycles. The SMILES string of the molecule is O=S(=O)(O)CCNc1nc(-c2c[nH]c3ncc(F)cc23)ncc1F. The van der Waals surface area contributed by atoms with Crippen LogP contribution < -0.4 is 5.32 Å². The fourth-order valence-electron chi connectivity index (χ4n) is 2.08. The van der Waals surface area contributed by atoms with Gasteiger partial charge in [-0.3, -0.25) is 4.55 Å². The summed E-state index contributed by atoms with van der Waals surface area (Å²) in [5.74, 6) is -2.07. The van der Waals surface area contributed by atoms with Gasteiger partial charge in [0.1, 0.15) is 11.5 Å². The van der Waals surface area contributed by atoms with Crippen molar-refractivity contribution in [1.29, 1.82) is 0 Å². The minimum atomic E-state index is -4.18. The van der Waals surface area contributed by atoms with Crippen LogP contribution in [0.4, 0.5) is 14.6 Å². The highest BCUT2D eigenvalue weighted by molar-refractivity contribution is 7.85. The van der Waals surface area contributed by atoms with Crippen molar-refractivity contribution >= 4 is 27.0 Å². The molecule has 126 valence electrons. The summed E-state index contributed by atoms with van der Waals surface area (Å²) in [6, 6.07) is 1.24. The molecular weight excluding hydrogens is 344 g/mol. The molecule has 0 saturated carbocycles. The molecule has 3 N–H and O–H groups in total. The summed E-state index contributed by atoms with van der Waals surface area (Å²) in [5.41, 5.74) is 0.829. The lowest BCUT2D eigenvalue weighted by Crippen LogP contribution is -2.16. The average molecular weight is 355 g/mol. The van der Waals surface area contributed by atoms with E-state index in [0.29, 0.717) is 16.6 Å². The van der Waals surface area contributed by atoms with Crippen molar-refractivity contribution in [1.82, 2.24) is 19.9 Å². The number of pyridine rings is 1. The third-order valence-electron chi connectivity index (χ3n) is 3.14. The van der Waals surface area contributed by atoms with Crippen molar-refractivity contribution in [2.45, 2.75) is 0 Å². The lowest BCUT2D eigenvalue weighted by molar-refractivity contribution is 0.484. The van der Waals surface area contributed by atoms with Crippen molar-refractivity contribution in [3.63, 3.8) is 0 Å². The Morgan fingerprint density at radius 3 is 2.79 bits per heavy atom. The normalized spacial score (nSPS) is 11.8. The van der Waals surface area contributed by atoms with Gasteiger partial charge in [-0.1, -0.05) is 0 Å². The van der Waals surface area contributed by atoms with E-state index in [1.807, 2.05) is 0 Å². The zero-order chi connectivity index (χ0) is 17.3. The topological polar surface area (TPSA) is 121 Å². The van der Waals surface area contributed by atoms with Crippen LogP contribution >= 0.6 is 0 Å². The monoisotopic (exact) mass is 355 g/mol. The largest absolute Gasteiger partial charge is 0.366 e. The predicted octanol–water partition coefficient (Wildman–Crippen LogP) is 1.60. The highest BCUT2D eigenvalue weighted by Crippen LogP contribution is 2.26. The van der Waals surface area contributed by atoms with Gasteiger partial charge in [0.25, 0.3) is 10.1 Å². The number of aromatic nitrogens is 4. The zero-order valence-corrected chi connectivity index (χ0v) is 12.8. The summed E-state index contributed by atoms with van der Waals surface area (Å²) in [5, 5.41) is 2.89. The van der Waals surface area contributed by atoms with E-state index in [0.717, 1.165) is 12.4 Å².